The third kappa shape index (κ3) is 2.43. The Kier molecular flexibility index (Phi) is 3.76. The molecule has 0 radical (unpaired) electrons. The highest BCUT2D eigenvalue weighted by Gasteiger charge is 2.43. The fourth-order valence-corrected chi connectivity index (χ4v) is 2.25. The molecule has 0 saturated heterocycles. The molecule has 1 N–H and O–H groups in total. The van der Waals surface area contributed by atoms with Gasteiger partial charge in [-0.3, -0.25) is 0 Å². The topological polar surface area (TPSA) is 46.5 Å². The molecule has 0 aliphatic carbocycles. The van der Waals surface area contributed by atoms with E-state index in [4.69, 9.17) is 4.74 Å². The van der Waals surface area contributed by atoms with Crippen LogP contribution in [0.15, 0.2) is 35.4 Å². The van der Waals surface area contributed by atoms with E-state index in [2.05, 4.69) is 6.92 Å². The molecule has 102 valence electrons. The van der Waals surface area contributed by atoms with Crippen LogP contribution >= 0.6 is 0 Å². The molecule has 0 amide bonds. The van der Waals surface area contributed by atoms with Crippen LogP contribution in [0, 0.1) is 0 Å². The SMILES string of the molecule is CCCCc1ccc(C2(O)OC(=O)C(C)=C2C)cc1. The van der Waals surface area contributed by atoms with Crippen LogP contribution < -0.4 is 0 Å². The minimum absolute atomic E-state index is 0.449. The van der Waals surface area contributed by atoms with Crippen molar-refractivity contribution in [3.63, 3.8) is 0 Å². The van der Waals surface area contributed by atoms with Gasteiger partial charge in [-0.15, -0.1) is 0 Å². The van der Waals surface area contributed by atoms with E-state index in [9.17, 15) is 9.90 Å². The van der Waals surface area contributed by atoms with E-state index in [-0.39, 0.29) is 0 Å². The van der Waals surface area contributed by atoms with Gasteiger partial charge >= 0.3 is 5.97 Å². The number of rotatable bonds is 4. The molecule has 1 aromatic carbocycles. The van der Waals surface area contributed by atoms with E-state index in [1.54, 1.807) is 13.8 Å². The molecule has 0 spiro atoms. The number of carbonyl (C=O) groups excluding carboxylic acids is 1. The largest absolute Gasteiger partial charge is 0.421 e. The van der Waals surface area contributed by atoms with E-state index in [0.717, 1.165) is 19.3 Å². The minimum atomic E-state index is -1.59. The molecule has 0 fully saturated rings. The van der Waals surface area contributed by atoms with E-state index in [0.29, 0.717) is 16.7 Å². The summed E-state index contributed by atoms with van der Waals surface area (Å²) in [6.07, 6.45) is 3.34. The number of hydrogen-bond acceptors (Lipinski definition) is 3. The second-order valence-electron chi connectivity index (χ2n) is 5.08. The average molecular weight is 260 g/mol. The van der Waals surface area contributed by atoms with Gasteiger partial charge < -0.3 is 9.84 Å². The van der Waals surface area contributed by atoms with Crippen molar-refractivity contribution in [2.75, 3.05) is 0 Å². The molecule has 1 atom stereocenters. The monoisotopic (exact) mass is 260 g/mol. The molecular weight excluding hydrogens is 240 g/mol. The van der Waals surface area contributed by atoms with Crippen LogP contribution in [0.4, 0.5) is 0 Å². The maximum absolute atomic E-state index is 11.5. The maximum atomic E-state index is 11.5. The van der Waals surface area contributed by atoms with Crippen molar-refractivity contribution in [2.45, 2.75) is 45.8 Å². The molecule has 2 rings (SSSR count). The summed E-state index contributed by atoms with van der Waals surface area (Å²) in [5.41, 5.74) is 2.89. The number of cyclic esters (lactones) is 1. The Hall–Kier alpha value is -1.61. The highest BCUT2D eigenvalue weighted by Crippen LogP contribution is 2.38. The van der Waals surface area contributed by atoms with Crippen molar-refractivity contribution in [1.82, 2.24) is 0 Å². The molecule has 19 heavy (non-hydrogen) atoms. The summed E-state index contributed by atoms with van der Waals surface area (Å²) in [7, 11) is 0. The van der Waals surface area contributed by atoms with E-state index < -0.39 is 11.8 Å². The lowest BCUT2D eigenvalue weighted by Crippen LogP contribution is -2.27. The quantitative estimate of drug-likeness (QED) is 0.846. The van der Waals surface area contributed by atoms with Gasteiger partial charge in [0.25, 0.3) is 5.79 Å². The third-order valence-corrected chi connectivity index (χ3v) is 3.78. The Bertz CT molecular complexity index is 513. The summed E-state index contributed by atoms with van der Waals surface area (Å²) in [5.74, 6) is -2.04. The van der Waals surface area contributed by atoms with Gasteiger partial charge in [0, 0.05) is 16.7 Å². The second-order valence-corrected chi connectivity index (χ2v) is 5.08. The summed E-state index contributed by atoms with van der Waals surface area (Å²) < 4.78 is 5.12. The highest BCUT2D eigenvalue weighted by molar-refractivity contribution is 5.92. The Morgan fingerprint density at radius 1 is 1.21 bits per heavy atom. The molecule has 1 heterocycles. The predicted octanol–water partition coefficient (Wildman–Crippen LogP) is 3.07. The predicted molar refractivity (Wildman–Crippen MR) is 73.4 cm³/mol. The van der Waals surface area contributed by atoms with Crippen molar-refractivity contribution >= 4 is 5.97 Å². The summed E-state index contributed by atoms with van der Waals surface area (Å²) >= 11 is 0. The standard InChI is InChI=1S/C16H20O3/c1-4-5-6-13-7-9-14(10-8-13)16(18)12(3)11(2)15(17)19-16/h7-10,18H,4-6H2,1-3H3. The molecule has 3 nitrogen and oxygen atoms in total. The van der Waals surface area contributed by atoms with Crippen molar-refractivity contribution in [3.8, 4) is 0 Å². The van der Waals surface area contributed by atoms with Crippen LogP contribution in [0.25, 0.3) is 0 Å². The highest BCUT2D eigenvalue weighted by atomic mass is 16.7. The van der Waals surface area contributed by atoms with Crippen LogP contribution in [0.3, 0.4) is 0 Å². The lowest BCUT2D eigenvalue weighted by Gasteiger charge is -2.23. The molecule has 0 saturated carbocycles. The van der Waals surface area contributed by atoms with Crippen molar-refractivity contribution in [3.05, 3.63) is 46.5 Å². The zero-order valence-corrected chi connectivity index (χ0v) is 11.7. The number of benzene rings is 1. The van der Waals surface area contributed by atoms with E-state index in [1.165, 1.54) is 5.56 Å². The van der Waals surface area contributed by atoms with Gasteiger partial charge in [0.15, 0.2) is 0 Å². The first-order valence-electron chi connectivity index (χ1n) is 6.72. The molecule has 1 aromatic rings. The van der Waals surface area contributed by atoms with Gasteiger partial charge in [-0.05, 0) is 32.3 Å². The third-order valence-electron chi connectivity index (χ3n) is 3.78. The zero-order valence-electron chi connectivity index (χ0n) is 11.7. The van der Waals surface area contributed by atoms with Crippen LogP contribution in [0.1, 0.15) is 44.7 Å². The summed E-state index contributed by atoms with van der Waals surface area (Å²) in [6, 6.07) is 7.64. The summed E-state index contributed by atoms with van der Waals surface area (Å²) in [6.45, 7) is 5.56. The van der Waals surface area contributed by atoms with Gasteiger partial charge in [0.05, 0.1) is 0 Å². The molecule has 1 aliphatic heterocycles. The van der Waals surface area contributed by atoms with E-state index >= 15 is 0 Å². The van der Waals surface area contributed by atoms with Gasteiger partial charge in [0.2, 0.25) is 0 Å². The van der Waals surface area contributed by atoms with Gasteiger partial charge in [0.1, 0.15) is 0 Å². The first-order chi connectivity index (χ1) is 8.99. The maximum Gasteiger partial charge on any atom is 0.336 e. The smallest absolute Gasteiger partial charge is 0.336 e. The lowest BCUT2D eigenvalue weighted by molar-refractivity contribution is -0.185. The molecule has 1 unspecified atom stereocenters. The van der Waals surface area contributed by atoms with Crippen molar-refractivity contribution in [1.29, 1.82) is 0 Å². The average Bonchev–Trinajstić information content (AvgIpc) is 2.62. The van der Waals surface area contributed by atoms with Crippen LogP contribution in [0.2, 0.25) is 0 Å². The number of esters is 1. The second kappa shape index (κ2) is 5.17. The molecular formula is C16H20O3. The molecule has 3 heteroatoms. The number of unbranched alkanes of at least 4 members (excludes halogenated alkanes) is 1. The molecule has 1 aliphatic rings. The Labute approximate surface area is 113 Å². The molecule has 0 bridgehead atoms. The van der Waals surface area contributed by atoms with E-state index in [1.807, 2.05) is 24.3 Å². The fraction of sp³-hybridized carbons (Fsp3) is 0.438. The van der Waals surface area contributed by atoms with Gasteiger partial charge in [-0.2, -0.15) is 0 Å². The minimum Gasteiger partial charge on any atom is -0.421 e. The normalized spacial score (nSPS) is 22.8. The number of hydrogen-bond donors (Lipinski definition) is 1. The van der Waals surface area contributed by atoms with Crippen LogP contribution in [-0.2, 0) is 21.7 Å². The van der Waals surface area contributed by atoms with Gasteiger partial charge in [-0.1, -0.05) is 37.6 Å². The first-order valence-corrected chi connectivity index (χ1v) is 6.72. The van der Waals surface area contributed by atoms with Crippen LogP contribution in [-0.4, -0.2) is 11.1 Å². The van der Waals surface area contributed by atoms with Gasteiger partial charge in [-0.25, -0.2) is 4.79 Å². The Balaban J connectivity index is 2.26. The Morgan fingerprint density at radius 3 is 2.32 bits per heavy atom. The van der Waals surface area contributed by atoms with Crippen LogP contribution in [0.5, 0.6) is 0 Å². The number of aryl methyl sites for hydroxylation is 1. The van der Waals surface area contributed by atoms with Crippen molar-refractivity contribution < 1.29 is 14.6 Å². The number of ether oxygens (including phenoxy) is 1. The zero-order chi connectivity index (χ0) is 14.0. The lowest BCUT2D eigenvalue weighted by atomic mass is 9.95. The van der Waals surface area contributed by atoms with Crippen molar-refractivity contribution in [2.24, 2.45) is 0 Å². The number of carbonyl (C=O) groups is 1. The Morgan fingerprint density at radius 2 is 1.84 bits per heavy atom. The number of aliphatic hydroxyl groups is 1. The summed E-state index contributed by atoms with van der Waals surface area (Å²) in [4.78, 5) is 11.5. The molecule has 0 aromatic heterocycles. The fourth-order valence-electron chi connectivity index (χ4n) is 2.25. The summed E-state index contributed by atoms with van der Waals surface area (Å²) in [5, 5.41) is 10.5. The first kappa shape index (κ1) is 13.8.